The Labute approximate surface area is 132 Å². The normalized spacial score (nSPS) is 21.4. The Hall–Kier alpha value is -1.59. The fraction of sp³-hybridized carbons (Fsp3) is 0.588. The molecule has 0 saturated heterocycles. The molecule has 0 heterocycles. The van der Waals surface area contributed by atoms with Gasteiger partial charge in [-0.05, 0) is 37.5 Å². The molecule has 0 aromatic heterocycles. The summed E-state index contributed by atoms with van der Waals surface area (Å²) < 4.78 is 5.41. The number of carbonyl (C=O) groups excluding carboxylic acids is 1. The predicted octanol–water partition coefficient (Wildman–Crippen LogP) is 1.59. The molecule has 0 radical (unpaired) electrons. The molecule has 1 saturated carbocycles. The molecule has 22 heavy (non-hydrogen) atoms. The Morgan fingerprint density at radius 1 is 1.27 bits per heavy atom. The Balaban J connectivity index is 1.75. The molecule has 0 spiro atoms. The number of hydrogen-bond donors (Lipinski definition) is 3. The van der Waals surface area contributed by atoms with Gasteiger partial charge < -0.3 is 20.5 Å². The summed E-state index contributed by atoms with van der Waals surface area (Å²) in [4.78, 5) is 11.3. The molecule has 3 N–H and O–H groups in total. The minimum absolute atomic E-state index is 0.0414. The molecule has 0 bridgehead atoms. The van der Waals surface area contributed by atoms with Crippen LogP contribution < -0.4 is 15.4 Å². The van der Waals surface area contributed by atoms with E-state index in [2.05, 4.69) is 10.6 Å². The summed E-state index contributed by atoms with van der Waals surface area (Å²) in [6.45, 7) is 3.26. The number of aliphatic hydroxyl groups is 1. The summed E-state index contributed by atoms with van der Waals surface area (Å²) in [7, 11) is 0. The summed E-state index contributed by atoms with van der Waals surface area (Å²) in [5.74, 6) is 0.576. The van der Waals surface area contributed by atoms with Crippen molar-refractivity contribution >= 4 is 5.91 Å². The average Bonchev–Trinajstić information content (AvgIpc) is 2.53. The van der Waals surface area contributed by atoms with Crippen molar-refractivity contribution in [2.75, 3.05) is 13.2 Å². The zero-order valence-electron chi connectivity index (χ0n) is 13.2. The lowest BCUT2D eigenvalue weighted by molar-refractivity contribution is -0.122. The first-order valence-corrected chi connectivity index (χ1v) is 8.09. The van der Waals surface area contributed by atoms with Crippen LogP contribution >= 0.6 is 0 Å². The van der Waals surface area contributed by atoms with Crippen molar-refractivity contribution in [3.05, 3.63) is 29.8 Å². The molecule has 1 amide bonds. The number of likely N-dealkylation sites (N-methyl/N-ethyl adjacent to an activating group) is 1. The summed E-state index contributed by atoms with van der Waals surface area (Å²) in [6, 6.07) is 7.90. The van der Waals surface area contributed by atoms with Gasteiger partial charge in [-0.3, -0.25) is 4.79 Å². The second kappa shape index (κ2) is 8.76. The van der Waals surface area contributed by atoms with Crippen molar-refractivity contribution in [2.45, 2.75) is 51.3 Å². The summed E-state index contributed by atoms with van der Waals surface area (Å²) in [5.41, 5.74) is 1.14. The van der Waals surface area contributed by atoms with E-state index < -0.39 is 0 Å². The van der Waals surface area contributed by atoms with Gasteiger partial charge >= 0.3 is 0 Å². The number of amides is 1. The molecule has 1 aliphatic rings. The SMILES string of the molecule is CCNC(=O)COc1ccc(CNC2CCCCC2O)cc1. The zero-order chi connectivity index (χ0) is 15.8. The second-order valence-electron chi connectivity index (χ2n) is 5.73. The minimum Gasteiger partial charge on any atom is -0.484 e. The van der Waals surface area contributed by atoms with Gasteiger partial charge in [0.1, 0.15) is 5.75 Å². The monoisotopic (exact) mass is 306 g/mol. The van der Waals surface area contributed by atoms with E-state index >= 15 is 0 Å². The molecule has 5 heteroatoms. The Kier molecular flexibility index (Phi) is 6.68. The molecule has 1 aromatic carbocycles. The van der Waals surface area contributed by atoms with E-state index in [1.54, 1.807) is 0 Å². The zero-order valence-corrected chi connectivity index (χ0v) is 13.2. The largest absolute Gasteiger partial charge is 0.484 e. The first-order valence-electron chi connectivity index (χ1n) is 8.09. The van der Waals surface area contributed by atoms with Crippen molar-refractivity contribution < 1.29 is 14.6 Å². The molecule has 122 valence electrons. The van der Waals surface area contributed by atoms with Crippen LogP contribution in [-0.4, -0.2) is 36.3 Å². The molecule has 5 nitrogen and oxygen atoms in total. The standard InChI is InChI=1S/C17H26N2O3/c1-2-18-17(21)12-22-14-9-7-13(8-10-14)11-19-15-5-3-4-6-16(15)20/h7-10,15-16,19-20H,2-6,11-12H2,1H3,(H,18,21). The molecule has 1 fully saturated rings. The maximum absolute atomic E-state index is 11.3. The fourth-order valence-corrected chi connectivity index (χ4v) is 2.70. The smallest absolute Gasteiger partial charge is 0.257 e. The summed E-state index contributed by atoms with van der Waals surface area (Å²) >= 11 is 0. The molecular formula is C17H26N2O3. The van der Waals surface area contributed by atoms with Crippen LogP contribution in [0.2, 0.25) is 0 Å². The number of rotatable bonds is 7. The summed E-state index contributed by atoms with van der Waals surface area (Å²) in [6.07, 6.45) is 4.01. The van der Waals surface area contributed by atoms with Crippen LogP contribution in [0.3, 0.4) is 0 Å². The van der Waals surface area contributed by atoms with E-state index in [1.165, 1.54) is 6.42 Å². The topological polar surface area (TPSA) is 70.6 Å². The van der Waals surface area contributed by atoms with Crippen molar-refractivity contribution in [1.82, 2.24) is 10.6 Å². The summed E-state index contributed by atoms with van der Waals surface area (Å²) in [5, 5.41) is 16.0. The van der Waals surface area contributed by atoms with Crippen LogP contribution in [0.5, 0.6) is 5.75 Å². The van der Waals surface area contributed by atoms with Gasteiger partial charge in [0.15, 0.2) is 6.61 Å². The van der Waals surface area contributed by atoms with Gasteiger partial charge in [0.05, 0.1) is 6.10 Å². The number of nitrogens with one attached hydrogen (secondary N) is 2. The van der Waals surface area contributed by atoms with E-state index in [0.717, 1.165) is 31.4 Å². The molecule has 2 rings (SSSR count). The molecule has 0 aliphatic heterocycles. The predicted molar refractivity (Wildman–Crippen MR) is 85.7 cm³/mol. The maximum Gasteiger partial charge on any atom is 0.257 e. The van der Waals surface area contributed by atoms with E-state index in [-0.39, 0.29) is 24.7 Å². The lowest BCUT2D eigenvalue weighted by atomic mass is 9.92. The highest BCUT2D eigenvalue weighted by atomic mass is 16.5. The van der Waals surface area contributed by atoms with Crippen molar-refractivity contribution in [3.63, 3.8) is 0 Å². The van der Waals surface area contributed by atoms with Gasteiger partial charge in [0, 0.05) is 19.1 Å². The first-order chi connectivity index (χ1) is 10.7. The van der Waals surface area contributed by atoms with Crippen LogP contribution in [0.25, 0.3) is 0 Å². The first kappa shape index (κ1) is 16.8. The number of ether oxygens (including phenoxy) is 1. The van der Waals surface area contributed by atoms with Crippen LogP contribution in [0.4, 0.5) is 0 Å². The van der Waals surface area contributed by atoms with E-state index in [0.29, 0.717) is 12.3 Å². The average molecular weight is 306 g/mol. The van der Waals surface area contributed by atoms with Gasteiger partial charge in [0.25, 0.3) is 5.91 Å². The highest BCUT2D eigenvalue weighted by Crippen LogP contribution is 2.19. The number of aliphatic hydroxyl groups excluding tert-OH is 1. The molecule has 2 atom stereocenters. The fourth-order valence-electron chi connectivity index (χ4n) is 2.70. The van der Waals surface area contributed by atoms with E-state index in [9.17, 15) is 9.90 Å². The van der Waals surface area contributed by atoms with Crippen molar-refractivity contribution in [1.29, 1.82) is 0 Å². The molecule has 1 aliphatic carbocycles. The lowest BCUT2D eigenvalue weighted by Crippen LogP contribution is -2.41. The Bertz CT molecular complexity index is 461. The van der Waals surface area contributed by atoms with E-state index in [4.69, 9.17) is 4.74 Å². The van der Waals surface area contributed by atoms with Crippen LogP contribution in [0, 0.1) is 0 Å². The van der Waals surface area contributed by atoms with Gasteiger partial charge in [-0.2, -0.15) is 0 Å². The minimum atomic E-state index is -0.228. The number of benzene rings is 1. The number of hydrogen-bond acceptors (Lipinski definition) is 4. The van der Waals surface area contributed by atoms with Crippen LogP contribution in [0.1, 0.15) is 38.2 Å². The molecule has 1 aromatic rings. The van der Waals surface area contributed by atoms with Gasteiger partial charge in [0.2, 0.25) is 0 Å². The Morgan fingerprint density at radius 3 is 2.68 bits per heavy atom. The van der Waals surface area contributed by atoms with E-state index in [1.807, 2.05) is 31.2 Å². The maximum atomic E-state index is 11.3. The third-order valence-electron chi connectivity index (χ3n) is 3.97. The third-order valence-corrected chi connectivity index (χ3v) is 3.97. The van der Waals surface area contributed by atoms with Crippen molar-refractivity contribution in [3.8, 4) is 5.75 Å². The lowest BCUT2D eigenvalue weighted by Gasteiger charge is -2.28. The third kappa shape index (κ3) is 5.31. The van der Waals surface area contributed by atoms with Crippen molar-refractivity contribution in [2.24, 2.45) is 0 Å². The molecular weight excluding hydrogens is 280 g/mol. The number of carbonyl (C=O) groups is 1. The highest BCUT2D eigenvalue weighted by Gasteiger charge is 2.21. The Morgan fingerprint density at radius 2 is 2.00 bits per heavy atom. The molecule has 2 unspecified atom stereocenters. The second-order valence-corrected chi connectivity index (χ2v) is 5.73. The van der Waals surface area contributed by atoms with Gasteiger partial charge in [-0.15, -0.1) is 0 Å². The quantitative estimate of drug-likeness (QED) is 0.715. The van der Waals surface area contributed by atoms with Gasteiger partial charge in [-0.25, -0.2) is 0 Å². The highest BCUT2D eigenvalue weighted by molar-refractivity contribution is 5.77. The van der Waals surface area contributed by atoms with Gasteiger partial charge in [-0.1, -0.05) is 25.0 Å². The van der Waals surface area contributed by atoms with Crippen LogP contribution in [0.15, 0.2) is 24.3 Å². The van der Waals surface area contributed by atoms with Crippen LogP contribution in [-0.2, 0) is 11.3 Å².